The van der Waals surface area contributed by atoms with E-state index >= 15 is 0 Å². The number of aryl methyl sites for hydroxylation is 2. The summed E-state index contributed by atoms with van der Waals surface area (Å²) in [6.45, 7) is 6.95. The summed E-state index contributed by atoms with van der Waals surface area (Å²) in [6, 6.07) is 5.13. The van der Waals surface area contributed by atoms with Gasteiger partial charge >= 0.3 is 0 Å². The van der Waals surface area contributed by atoms with Crippen LogP contribution in [0.2, 0.25) is 0 Å². The van der Waals surface area contributed by atoms with Gasteiger partial charge in [-0.25, -0.2) is 0 Å². The van der Waals surface area contributed by atoms with Gasteiger partial charge < -0.3 is 0 Å². The van der Waals surface area contributed by atoms with Crippen molar-refractivity contribution in [3.63, 3.8) is 0 Å². The Balaban J connectivity index is 2.64. The summed E-state index contributed by atoms with van der Waals surface area (Å²) in [5.41, 5.74) is 6.66. The van der Waals surface area contributed by atoms with Crippen LogP contribution in [0.5, 0.6) is 0 Å². The van der Waals surface area contributed by atoms with Gasteiger partial charge in [-0.15, -0.1) is 0 Å². The van der Waals surface area contributed by atoms with E-state index < -0.39 is 0 Å². The van der Waals surface area contributed by atoms with Crippen molar-refractivity contribution in [3.8, 4) is 0 Å². The Labute approximate surface area is 249 Å². The zero-order chi connectivity index (χ0) is 27.5. The van der Waals surface area contributed by atoms with Crippen LogP contribution in [0.15, 0.2) is 12.1 Å². The number of benzene rings is 1. The van der Waals surface area contributed by atoms with E-state index in [1.165, 1.54) is 179 Å². The van der Waals surface area contributed by atoms with E-state index in [0.29, 0.717) is 0 Å². The predicted octanol–water partition coefficient (Wildman–Crippen LogP) is 13.6. The van der Waals surface area contributed by atoms with Gasteiger partial charge in [0, 0.05) is 5.33 Å². The van der Waals surface area contributed by atoms with Gasteiger partial charge in [0.1, 0.15) is 0 Å². The molecule has 38 heavy (non-hydrogen) atoms. The van der Waals surface area contributed by atoms with E-state index in [1.54, 1.807) is 16.7 Å². The molecule has 1 heteroatoms. The van der Waals surface area contributed by atoms with E-state index in [0.717, 1.165) is 5.33 Å². The molecular weight excluding hydrogens is 524 g/mol. The Kier molecular flexibility index (Phi) is 25.3. The molecule has 0 saturated carbocycles. The average molecular weight is 592 g/mol. The fourth-order valence-corrected chi connectivity index (χ4v) is 6.37. The molecule has 0 bridgehead atoms. The normalized spacial score (nSPS) is 11.5. The molecule has 1 aromatic rings. The lowest BCUT2D eigenvalue weighted by atomic mass is 9.88. The first-order chi connectivity index (χ1) is 18.8. The van der Waals surface area contributed by atoms with Crippen LogP contribution in [-0.2, 0) is 24.6 Å². The quantitative estimate of drug-likeness (QED) is 0.0672. The second-order valence-corrected chi connectivity index (χ2v) is 12.8. The van der Waals surface area contributed by atoms with Crippen LogP contribution in [0, 0.1) is 0 Å². The average Bonchev–Trinajstić information content (AvgIpc) is 2.93. The smallest absolute Gasteiger partial charge is 0.0283 e. The van der Waals surface area contributed by atoms with Crippen LogP contribution in [0.25, 0.3) is 0 Å². The lowest BCUT2D eigenvalue weighted by molar-refractivity contribution is 0.567. The first kappa shape index (κ1) is 35.7. The predicted molar refractivity (Wildman–Crippen MR) is 178 cm³/mol. The van der Waals surface area contributed by atoms with E-state index in [9.17, 15) is 0 Å². The lowest BCUT2D eigenvalue weighted by Gasteiger charge is -2.18. The van der Waals surface area contributed by atoms with Crippen LogP contribution in [-0.4, -0.2) is 0 Å². The molecule has 222 valence electrons. The summed E-state index contributed by atoms with van der Waals surface area (Å²) in [6.07, 6.45) is 37.9. The molecule has 0 unspecified atom stereocenters. The molecule has 0 N–H and O–H groups in total. The maximum absolute atomic E-state index is 3.80. The van der Waals surface area contributed by atoms with E-state index in [-0.39, 0.29) is 0 Å². The van der Waals surface area contributed by atoms with Crippen molar-refractivity contribution in [2.24, 2.45) is 0 Å². The van der Waals surface area contributed by atoms with Crippen molar-refractivity contribution >= 4 is 15.9 Å². The van der Waals surface area contributed by atoms with Gasteiger partial charge in [0.2, 0.25) is 0 Å². The highest BCUT2D eigenvalue weighted by molar-refractivity contribution is 9.08. The Morgan fingerprint density at radius 3 is 1.00 bits per heavy atom. The second-order valence-electron chi connectivity index (χ2n) is 12.2. The highest BCUT2D eigenvalue weighted by Crippen LogP contribution is 2.26. The van der Waals surface area contributed by atoms with Crippen LogP contribution in [0.1, 0.15) is 197 Å². The molecule has 0 fully saturated rings. The number of hydrogen-bond acceptors (Lipinski definition) is 0. The van der Waals surface area contributed by atoms with Crippen LogP contribution in [0.4, 0.5) is 0 Å². The van der Waals surface area contributed by atoms with Crippen LogP contribution in [0.3, 0.4) is 0 Å². The summed E-state index contributed by atoms with van der Waals surface area (Å²) in [4.78, 5) is 0. The van der Waals surface area contributed by atoms with E-state index in [4.69, 9.17) is 0 Å². The van der Waals surface area contributed by atoms with Crippen molar-refractivity contribution < 1.29 is 0 Å². The number of unbranched alkanes of at least 4 members (excludes halogenated alkanes) is 21. The van der Waals surface area contributed by atoms with Crippen LogP contribution >= 0.6 is 15.9 Å². The fourth-order valence-electron chi connectivity index (χ4n) is 6.05. The molecule has 0 amide bonds. The monoisotopic (exact) mass is 590 g/mol. The Bertz CT molecular complexity index is 593. The topological polar surface area (TPSA) is 0 Å². The van der Waals surface area contributed by atoms with Gasteiger partial charge in [0.15, 0.2) is 0 Å². The molecule has 0 saturated heterocycles. The minimum atomic E-state index is 1.000. The van der Waals surface area contributed by atoms with Crippen molar-refractivity contribution in [1.82, 2.24) is 0 Å². The Morgan fingerprint density at radius 2 is 0.684 bits per heavy atom. The van der Waals surface area contributed by atoms with Gasteiger partial charge in [-0.2, -0.15) is 0 Å². The molecule has 0 aliphatic carbocycles. The number of rotatable bonds is 28. The largest absolute Gasteiger partial charge is 0.0876 e. The minimum Gasteiger partial charge on any atom is -0.0876 e. The number of alkyl halides is 1. The molecular formula is C37H67Br. The third kappa shape index (κ3) is 18.9. The van der Waals surface area contributed by atoms with Gasteiger partial charge in [-0.1, -0.05) is 184 Å². The lowest BCUT2D eigenvalue weighted by Crippen LogP contribution is -2.04. The van der Waals surface area contributed by atoms with E-state index in [2.05, 4.69) is 48.8 Å². The van der Waals surface area contributed by atoms with Gasteiger partial charge in [-0.3, -0.25) is 0 Å². The standard InChI is InChI=1S/C37H67Br/c1-4-7-10-13-16-19-22-25-28-35-31-34(33-38)32-36(29-26-23-20-17-14-11-8-5-2)37(35)30-27-24-21-18-15-12-9-6-3/h31-32H,4-30,33H2,1-3H3. The van der Waals surface area contributed by atoms with Gasteiger partial charge in [0.25, 0.3) is 0 Å². The summed E-state index contributed by atoms with van der Waals surface area (Å²) in [5, 5.41) is 1.000. The summed E-state index contributed by atoms with van der Waals surface area (Å²) < 4.78 is 0. The van der Waals surface area contributed by atoms with Crippen molar-refractivity contribution in [2.45, 2.75) is 199 Å². The summed E-state index contributed by atoms with van der Waals surface area (Å²) in [5.74, 6) is 0. The number of hydrogen-bond donors (Lipinski definition) is 0. The third-order valence-electron chi connectivity index (χ3n) is 8.53. The highest BCUT2D eigenvalue weighted by atomic mass is 79.9. The molecule has 0 aliphatic heterocycles. The van der Waals surface area contributed by atoms with E-state index in [1.807, 2.05) is 0 Å². The maximum atomic E-state index is 3.80. The SMILES string of the molecule is CCCCCCCCCCc1cc(CBr)cc(CCCCCCCCCC)c1CCCCCCCCCC. The first-order valence-corrected chi connectivity index (χ1v) is 18.6. The molecule has 0 aromatic heterocycles. The minimum absolute atomic E-state index is 1.000. The maximum Gasteiger partial charge on any atom is 0.0283 e. The van der Waals surface area contributed by atoms with Gasteiger partial charge in [0.05, 0.1) is 0 Å². The van der Waals surface area contributed by atoms with Gasteiger partial charge in [-0.05, 0) is 60.8 Å². The molecule has 0 radical (unpaired) electrons. The molecule has 0 atom stereocenters. The molecule has 0 aliphatic rings. The first-order valence-electron chi connectivity index (χ1n) is 17.5. The highest BCUT2D eigenvalue weighted by Gasteiger charge is 2.11. The molecule has 0 nitrogen and oxygen atoms in total. The Hall–Kier alpha value is -0.300. The summed E-state index contributed by atoms with van der Waals surface area (Å²) in [7, 11) is 0. The van der Waals surface area contributed by atoms with Crippen molar-refractivity contribution in [1.29, 1.82) is 0 Å². The second kappa shape index (κ2) is 26.9. The zero-order valence-electron chi connectivity index (χ0n) is 26.3. The van der Waals surface area contributed by atoms with Crippen molar-refractivity contribution in [2.75, 3.05) is 0 Å². The molecule has 1 rings (SSSR count). The number of halogens is 1. The molecule has 0 heterocycles. The molecule has 0 spiro atoms. The summed E-state index contributed by atoms with van der Waals surface area (Å²) >= 11 is 3.80. The third-order valence-corrected chi connectivity index (χ3v) is 9.18. The van der Waals surface area contributed by atoms with Crippen molar-refractivity contribution in [3.05, 3.63) is 34.4 Å². The van der Waals surface area contributed by atoms with Crippen LogP contribution < -0.4 is 0 Å². The molecule has 1 aromatic carbocycles. The Morgan fingerprint density at radius 1 is 0.395 bits per heavy atom. The zero-order valence-corrected chi connectivity index (χ0v) is 27.9. The fraction of sp³-hybridized carbons (Fsp3) is 0.838.